The van der Waals surface area contributed by atoms with Gasteiger partial charge in [-0.15, -0.1) is 0 Å². The molecule has 0 radical (unpaired) electrons. The maximum atomic E-state index is 15.3. The normalized spacial score (nSPS) is 25.1. The van der Waals surface area contributed by atoms with Gasteiger partial charge in [0.1, 0.15) is 29.5 Å². The summed E-state index contributed by atoms with van der Waals surface area (Å²) in [6, 6.07) is 6.68. The van der Waals surface area contributed by atoms with E-state index >= 15 is 4.39 Å². The van der Waals surface area contributed by atoms with Gasteiger partial charge in [0, 0.05) is 56.1 Å². The van der Waals surface area contributed by atoms with Crippen molar-refractivity contribution in [1.82, 2.24) is 24.3 Å². The van der Waals surface area contributed by atoms with Crippen LogP contribution in [-0.2, 0) is 13.0 Å². The fourth-order valence-electron chi connectivity index (χ4n) is 6.84. The van der Waals surface area contributed by atoms with Gasteiger partial charge in [-0.25, -0.2) is 27.5 Å². The molecule has 2 bridgehead atoms. The first-order valence-electron chi connectivity index (χ1n) is 14.0. The van der Waals surface area contributed by atoms with E-state index in [0.29, 0.717) is 30.1 Å². The Kier molecular flexibility index (Phi) is 6.38. The molecule has 11 heteroatoms. The van der Waals surface area contributed by atoms with E-state index in [4.69, 9.17) is 0 Å². The summed E-state index contributed by atoms with van der Waals surface area (Å²) >= 11 is 0. The quantitative estimate of drug-likeness (QED) is 0.399. The van der Waals surface area contributed by atoms with Gasteiger partial charge in [-0.1, -0.05) is 13.0 Å². The molecule has 7 nitrogen and oxygen atoms in total. The van der Waals surface area contributed by atoms with Crippen LogP contribution in [0.3, 0.4) is 0 Å². The van der Waals surface area contributed by atoms with Crippen LogP contribution in [0.15, 0.2) is 47.5 Å². The summed E-state index contributed by atoms with van der Waals surface area (Å²) in [7, 11) is 0. The molecular weight excluding hydrogens is 522 g/mol. The number of allylic oxidation sites excluding steroid dienone is 1. The van der Waals surface area contributed by atoms with Crippen LogP contribution in [0.25, 0.3) is 11.0 Å². The highest BCUT2D eigenvalue weighted by Gasteiger charge is 2.39. The molecule has 1 aromatic carbocycles. The number of alkyl halides is 2. The van der Waals surface area contributed by atoms with E-state index < -0.39 is 24.1 Å². The molecule has 2 fully saturated rings. The van der Waals surface area contributed by atoms with Crippen molar-refractivity contribution in [2.45, 2.75) is 63.7 Å². The first-order chi connectivity index (χ1) is 19.4. The number of benzene rings is 1. The number of pyridine rings is 1. The van der Waals surface area contributed by atoms with E-state index in [1.807, 2.05) is 18.3 Å². The third kappa shape index (κ3) is 4.30. The van der Waals surface area contributed by atoms with Crippen molar-refractivity contribution in [3.8, 4) is 0 Å². The van der Waals surface area contributed by atoms with Gasteiger partial charge in [0.05, 0.1) is 11.6 Å². The minimum atomic E-state index is -2.59. The van der Waals surface area contributed by atoms with Crippen molar-refractivity contribution >= 4 is 22.6 Å². The minimum absolute atomic E-state index is 0.0162. The predicted molar refractivity (Wildman–Crippen MR) is 145 cm³/mol. The van der Waals surface area contributed by atoms with Gasteiger partial charge >= 0.3 is 0 Å². The second kappa shape index (κ2) is 9.95. The van der Waals surface area contributed by atoms with Crippen molar-refractivity contribution in [3.05, 3.63) is 65.3 Å². The lowest BCUT2D eigenvalue weighted by atomic mass is 10.1. The number of aryl methyl sites for hydroxylation is 1. The molecule has 3 aromatic rings. The Hall–Kier alpha value is -3.31. The Morgan fingerprint density at radius 2 is 1.85 bits per heavy atom. The van der Waals surface area contributed by atoms with Gasteiger partial charge in [-0.2, -0.15) is 0 Å². The molecule has 6 heterocycles. The number of imidazole rings is 1. The molecule has 40 heavy (non-hydrogen) atoms. The number of nitrogens with zero attached hydrogens (tertiary/aromatic N) is 7. The number of likely N-dealkylation sites (N-methyl/N-ethyl adjacent to an activating group) is 1. The van der Waals surface area contributed by atoms with Gasteiger partial charge < -0.3 is 14.4 Å². The smallest absolute Gasteiger partial charge is 0.259 e. The molecule has 0 amide bonds. The molecule has 2 saturated heterocycles. The zero-order valence-corrected chi connectivity index (χ0v) is 22.3. The minimum Gasteiger partial charge on any atom is -0.319 e. The second-order valence-corrected chi connectivity index (χ2v) is 11.2. The number of aliphatic imine (C=N–C) groups is 1. The predicted octanol–water partition coefficient (Wildman–Crippen LogP) is 5.07. The Labute approximate surface area is 229 Å². The molecule has 0 spiro atoms. The van der Waals surface area contributed by atoms with Crippen molar-refractivity contribution in [1.29, 1.82) is 0 Å². The number of aromatic nitrogens is 3. The van der Waals surface area contributed by atoms with E-state index in [1.165, 1.54) is 35.7 Å². The van der Waals surface area contributed by atoms with Crippen LogP contribution in [0.2, 0.25) is 0 Å². The summed E-state index contributed by atoms with van der Waals surface area (Å²) in [5, 5.41) is 0. The standard InChI is InChI=1S/C29H31F4N7/c1-2-37-13-19-4-5-20(14-37)39(19)12-17-3-7-25(34-11-17)38-15-22(31)27(35-16-38)18-9-21(30)28-24(10-18)40-23(29(32)33)6-8-26(40)36-28/h3,7,9-11,15,19-20,23,29H,2,4-6,8,12-14,16H2,1H3/t19?,20?,23-/m0/s1. The Morgan fingerprint density at radius 3 is 2.52 bits per heavy atom. The number of piperazine rings is 1. The fraction of sp³-hybridized carbons (Fsp3) is 0.483. The fourth-order valence-corrected chi connectivity index (χ4v) is 6.84. The first-order valence-corrected chi connectivity index (χ1v) is 14.0. The lowest BCUT2D eigenvalue weighted by Gasteiger charge is -2.40. The van der Waals surface area contributed by atoms with Crippen LogP contribution in [0, 0.1) is 5.82 Å². The zero-order chi connectivity index (χ0) is 27.5. The van der Waals surface area contributed by atoms with Gasteiger partial charge in [0.25, 0.3) is 6.43 Å². The van der Waals surface area contributed by atoms with E-state index in [1.54, 1.807) is 4.90 Å². The molecular formula is C29H31F4N7. The zero-order valence-electron chi connectivity index (χ0n) is 22.3. The van der Waals surface area contributed by atoms with Crippen LogP contribution >= 0.6 is 0 Å². The molecule has 3 atom stereocenters. The van der Waals surface area contributed by atoms with E-state index in [2.05, 4.69) is 31.7 Å². The summed E-state index contributed by atoms with van der Waals surface area (Å²) in [5.74, 6) is -0.333. The highest BCUT2D eigenvalue weighted by atomic mass is 19.3. The van der Waals surface area contributed by atoms with Crippen LogP contribution < -0.4 is 4.90 Å². The number of anilines is 1. The number of hydrogen-bond acceptors (Lipinski definition) is 6. The van der Waals surface area contributed by atoms with Crippen LogP contribution in [0.1, 0.15) is 49.2 Å². The maximum Gasteiger partial charge on any atom is 0.259 e. The third-order valence-electron chi connectivity index (χ3n) is 8.88. The van der Waals surface area contributed by atoms with E-state index in [9.17, 15) is 13.2 Å². The van der Waals surface area contributed by atoms with Crippen LogP contribution in [-0.4, -0.2) is 74.9 Å². The maximum absolute atomic E-state index is 15.3. The SMILES string of the molecule is CCN1CC2CCC(C1)N2Cc1ccc(N2C=C(F)C(c3cc(F)c4nc5n(c4c3)[C@H](C(F)F)CC5)=NC2)nc1. The average Bonchev–Trinajstić information content (AvgIpc) is 3.59. The van der Waals surface area contributed by atoms with Crippen molar-refractivity contribution in [3.63, 3.8) is 0 Å². The van der Waals surface area contributed by atoms with Gasteiger partial charge in [0.2, 0.25) is 0 Å². The topological polar surface area (TPSA) is 52.8 Å². The molecule has 0 saturated carbocycles. The van der Waals surface area contributed by atoms with Gasteiger partial charge in [-0.3, -0.25) is 9.89 Å². The first kappa shape index (κ1) is 25.6. The molecule has 7 rings (SSSR count). The molecule has 4 aliphatic rings. The molecule has 4 aliphatic heterocycles. The number of hydrogen-bond donors (Lipinski definition) is 0. The molecule has 0 aliphatic carbocycles. The average molecular weight is 554 g/mol. The van der Waals surface area contributed by atoms with Gasteiger partial charge in [0.15, 0.2) is 11.6 Å². The lowest BCUT2D eigenvalue weighted by Crippen LogP contribution is -2.52. The Bertz CT molecular complexity index is 1480. The Morgan fingerprint density at radius 1 is 1.05 bits per heavy atom. The molecule has 2 unspecified atom stereocenters. The highest BCUT2D eigenvalue weighted by Crippen LogP contribution is 2.37. The van der Waals surface area contributed by atoms with Crippen molar-refractivity contribution in [2.24, 2.45) is 4.99 Å². The van der Waals surface area contributed by atoms with E-state index in [0.717, 1.165) is 31.7 Å². The highest BCUT2D eigenvalue weighted by molar-refractivity contribution is 6.13. The van der Waals surface area contributed by atoms with Crippen molar-refractivity contribution in [2.75, 3.05) is 31.2 Å². The summed E-state index contributed by atoms with van der Waals surface area (Å²) in [4.78, 5) is 19.9. The number of rotatable bonds is 6. The largest absolute Gasteiger partial charge is 0.319 e. The number of fused-ring (bicyclic) bond motifs is 5. The molecule has 210 valence electrons. The second-order valence-electron chi connectivity index (χ2n) is 11.2. The number of likely N-dealkylation sites (tertiary alicyclic amines) is 1. The van der Waals surface area contributed by atoms with Gasteiger partial charge in [-0.05, 0) is 49.6 Å². The molecule has 0 N–H and O–H groups in total. The summed E-state index contributed by atoms with van der Waals surface area (Å²) in [6.45, 7) is 6.49. The monoisotopic (exact) mass is 553 g/mol. The lowest BCUT2D eigenvalue weighted by molar-refractivity contribution is 0.0641. The summed E-state index contributed by atoms with van der Waals surface area (Å²) in [6.07, 6.45) is 3.62. The third-order valence-corrected chi connectivity index (χ3v) is 8.88. The van der Waals surface area contributed by atoms with E-state index in [-0.39, 0.29) is 35.4 Å². The summed E-state index contributed by atoms with van der Waals surface area (Å²) in [5.41, 5.74) is 1.57. The number of halogens is 4. The van der Waals surface area contributed by atoms with Crippen LogP contribution in [0.5, 0.6) is 0 Å². The van der Waals surface area contributed by atoms with Crippen molar-refractivity contribution < 1.29 is 17.6 Å². The van der Waals surface area contributed by atoms with Crippen LogP contribution in [0.4, 0.5) is 23.4 Å². The Balaban J connectivity index is 1.08. The summed E-state index contributed by atoms with van der Waals surface area (Å²) < 4.78 is 58.9. The molecule has 2 aromatic heterocycles.